The Morgan fingerprint density at radius 2 is 1.72 bits per heavy atom. The summed E-state index contributed by atoms with van der Waals surface area (Å²) < 4.78 is 9.83. The Bertz CT molecular complexity index is 390. The van der Waals surface area contributed by atoms with Crippen LogP contribution in [0.1, 0.15) is 25.5 Å². The molecule has 0 saturated heterocycles. The van der Waals surface area contributed by atoms with E-state index in [4.69, 9.17) is 15.2 Å². The van der Waals surface area contributed by atoms with Gasteiger partial charge in [0.1, 0.15) is 5.75 Å². The van der Waals surface area contributed by atoms with Gasteiger partial charge in [0, 0.05) is 6.04 Å². The van der Waals surface area contributed by atoms with Crippen LogP contribution in [0.25, 0.3) is 0 Å². The van der Waals surface area contributed by atoms with Crippen LogP contribution >= 0.6 is 12.4 Å². The average molecular weight is 274 g/mol. The zero-order valence-electron chi connectivity index (χ0n) is 11.1. The van der Waals surface area contributed by atoms with Gasteiger partial charge in [-0.3, -0.25) is 4.79 Å². The van der Waals surface area contributed by atoms with Crippen molar-refractivity contribution in [2.75, 3.05) is 14.2 Å². The second kappa shape index (κ2) is 6.61. The van der Waals surface area contributed by atoms with Gasteiger partial charge in [0.2, 0.25) is 0 Å². The van der Waals surface area contributed by atoms with Gasteiger partial charge < -0.3 is 15.2 Å². The lowest BCUT2D eigenvalue weighted by atomic mass is 9.81. The molecule has 1 aromatic carbocycles. The molecule has 0 saturated carbocycles. The van der Waals surface area contributed by atoms with E-state index in [2.05, 4.69) is 0 Å². The van der Waals surface area contributed by atoms with Gasteiger partial charge in [-0.25, -0.2) is 0 Å². The van der Waals surface area contributed by atoms with E-state index in [0.29, 0.717) is 0 Å². The highest BCUT2D eigenvalue weighted by atomic mass is 35.5. The summed E-state index contributed by atoms with van der Waals surface area (Å²) >= 11 is 0. The van der Waals surface area contributed by atoms with Crippen molar-refractivity contribution < 1.29 is 14.3 Å². The van der Waals surface area contributed by atoms with Gasteiger partial charge in [0.25, 0.3) is 0 Å². The molecule has 5 heteroatoms. The van der Waals surface area contributed by atoms with Crippen molar-refractivity contribution in [3.63, 3.8) is 0 Å². The fourth-order valence-corrected chi connectivity index (χ4v) is 1.62. The number of carbonyl (C=O) groups excluding carboxylic acids is 1. The molecule has 4 nitrogen and oxygen atoms in total. The number of halogens is 1. The second-order valence-corrected chi connectivity index (χ2v) is 4.46. The van der Waals surface area contributed by atoms with Crippen LogP contribution in [0, 0.1) is 5.41 Å². The molecule has 0 fully saturated rings. The second-order valence-electron chi connectivity index (χ2n) is 4.46. The minimum absolute atomic E-state index is 0. The monoisotopic (exact) mass is 273 g/mol. The largest absolute Gasteiger partial charge is 0.497 e. The highest BCUT2D eigenvalue weighted by molar-refractivity contribution is 5.85. The van der Waals surface area contributed by atoms with Gasteiger partial charge in [-0.15, -0.1) is 12.4 Å². The number of methoxy groups -OCH3 is 2. The third-order valence-electron chi connectivity index (χ3n) is 2.96. The van der Waals surface area contributed by atoms with Crippen molar-refractivity contribution in [1.29, 1.82) is 0 Å². The van der Waals surface area contributed by atoms with E-state index in [1.54, 1.807) is 21.0 Å². The van der Waals surface area contributed by atoms with Crippen LogP contribution in [-0.4, -0.2) is 20.2 Å². The van der Waals surface area contributed by atoms with Gasteiger partial charge in [-0.2, -0.15) is 0 Å². The molecule has 0 aromatic heterocycles. The van der Waals surface area contributed by atoms with Gasteiger partial charge in [-0.1, -0.05) is 12.1 Å². The molecule has 0 amide bonds. The molecule has 1 aromatic rings. The summed E-state index contributed by atoms with van der Waals surface area (Å²) in [6.45, 7) is 3.54. The Kier molecular flexibility index (Phi) is 6.15. The van der Waals surface area contributed by atoms with Crippen molar-refractivity contribution in [2.24, 2.45) is 11.1 Å². The SMILES string of the molecule is COC(=O)C(C)(C)[C@H](N)c1ccc(OC)cc1.Cl. The maximum Gasteiger partial charge on any atom is 0.313 e. The van der Waals surface area contributed by atoms with E-state index in [-0.39, 0.29) is 18.4 Å². The summed E-state index contributed by atoms with van der Waals surface area (Å²) in [5, 5.41) is 0. The third-order valence-corrected chi connectivity index (χ3v) is 2.96. The summed E-state index contributed by atoms with van der Waals surface area (Å²) in [6, 6.07) is 6.94. The Labute approximate surface area is 114 Å². The highest BCUT2D eigenvalue weighted by Crippen LogP contribution is 2.33. The predicted molar refractivity (Wildman–Crippen MR) is 73.0 cm³/mol. The number of benzene rings is 1. The van der Waals surface area contributed by atoms with Crippen LogP contribution in [0.5, 0.6) is 5.75 Å². The first kappa shape index (κ1) is 16.7. The first-order valence-electron chi connectivity index (χ1n) is 5.41. The molecule has 0 unspecified atom stereocenters. The number of esters is 1. The molecular formula is C13H20ClNO3. The van der Waals surface area contributed by atoms with E-state index in [0.717, 1.165) is 11.3 Å². The fraction of sp³-hybridized carbons (Fsp3) is 0.462. The van der Waals surface area contributed by atoms with Crippen LogP contribution in [0.3, 0.4) is 0 Å². The van der Waals surface area contributed by atoms with Crippen molar-refractivity contribution >= 4 is 18.4 Å². The third kappa shape index (κ3) is 3.37. The minimum atomic E-state index is -0.761. The summed E-state index contributed by atoms with van der Waals surface area (Å²) in [7, 11) is 2.97. The summed E-state index contributed by atoms with van der Waals surface area (Å²) in [4.78, 5) is 11.6. The molecule has 0 radical (unpaired) electrons. The first-order chi connectivity index (χ1) is 7.93. The van der Waals surface area contributed by atoms with E-state index in [1.807, 2.05) is 24.3 Å². The smallest absolute Gasteiger partial charge is 0.313 e. The molecule has 0 aliphatic carbocycles. The Morgan fingerprint density at radius 3 is 2.11 bits per heavy atom. The number of hydrogen-bond donors (Lipinski definition) is 1. The van der Waals surface area contributed by atoms with Crippen LogP contribution in [0.4, 0.5) is 0 Å². The molecule has 2 N–H and O–H groups in total. The number of nitrogens with two attached hydrogens (primary N) is 1. The maximum atomic E-state index is 11.6. The molecular weight excluding hydrogens is 254 g/mol. The van der Waals surface area contributed by atoms with Crippen LogP contribution in [0.2, 0.25) is 0 Å². The molecule has 0 spiro atoms. The quantitative estimate of drug-likeness (QED) is 0.855. The van der Waals surface area contributed by atoms with E-state index in [1.165, 1.54) is 7.11 Å². The fourth-order valence-electron chi connectivity index (χ4n) is 1.62. The lowest BCUT2D eigenvalue weighted by Crippen LogP contribution is -2.37. The highest BCUT2D eigenvalue weighted by Gasteiger charge is 2.36. The number of hydrogen-bond acceptors (Lipinski definition) is 4. The molecule has 102 valence electrons. The van der Waals surface area contributed by atoms with E-state index < -0.39 is 11.5 Å². The van der Waals surface area contributed by atoms with Crippen molar-refractivity contribution in [1.82, 2.24) is 0 Å². The maximum absolute atomic E-state index is 11.6. The molecule has 0 heterocycles. The van der Waals surface area contributed by atoms with Crippen molar-refractivity contribution in [3.05, 3.63) is 29.8 Å². The predicted octanol–water partition coefficient (Wildman–Crippen LogP) is 2.32. The Morgan fingerprint density at radius 1 is 1.22 bits per heavy atom. The Hall–Kier alpha value is -1.26. The van der Waals surface area contributed by atoms with E-state index >= 15 is 0 Å². The number of rotatable bonds is 4. The molecule has 1 rings (SSSR count). The number of carbonyl (C=O) groups is 1. The Balaban J connectivity index is 0.00000289. The normalized spacial score (nSPS) is 12.3. The zero-order chi connectivity index (χ0) is 13.1. The first-order valence-corrected chi connectivity index (χ1v) is 5.41. The van der Waals surface area contributed by atoms with Crippen LogP contribution < -0.4 is 10.5 Å². The van der Waals surface area contributed by atoms with E-state index in [9.17, 15) is 4.79 Å². The lowest BCUT2D eigenvalue weighted by molar-refractivity contribution is -0.152. The summed E-state index contributed by atoms with van der Waals surface area (Å²) in [5.41, 5.74) is 6.21. The molecule has 18 heavy (non-hydrogen) atoms. The molecule has 1 atom stereocenters. The molecule has 0 aliphatic heterocycles. The van der Waals surface area contributed by atoms with Crippen LogP contribution in [0.15, 0.2) is 24.3 Å². The van der Waals surface area contributed by atoms with Crippen LogP contribution in [-0.2, 0) is 9.53 Å². The molecule has 0 bridgehead atoms. The van der Waals surface area contributed by atoms with Crippen molar-refractivity contribution in [2.45, 2.75) is 19.9 Å². The zero-order valence-corrected chi connectivity index (χ0v) is 11.9. The van der Waals surface area contributed by atoms with Crippen molar-refractivity contribution in [3.8, 4) is 5.75 Å². The molecule has 0 aliphatic rings. The van der Waals surface area contributed by atoms with Gasteiger partial charge in [0.15, 0.2) is 0 Å². The van der Waals surface area contributed by atoms with Gasteiger partial charge >= 0.3 is 5.97 Å². The van der Waals surface area contributed by atoms with Gasteiger partial charge in [-0.05, 0) is 31.5 Å². The standard InChI is InChI=1S/C13H19NO3.ClH/c1-13(2,12(15)17-4)11(14)9-5-7-10(16-3)8-6-9;/h5-8,11H,14H2,1-4H3;1H/t11-;/m1./s1. The lowest BCUT2D eigenvalue weighted by Gasteiger charge is -2.28. The topological polar surface area (TPSA) is 61.5 Å². The summed E-state index contributed by atoms with van der Waals surface area (Å²) in [6.07, 6.45) is 0. The number of ether oxygens (including phenoxy) is 2. The van der Waals surface area contributed by atoms with Gasteiger partial charge in [0.05, 0.1) is 19.6 Å². The average Bonchev–Trinajstić information content (AvgIpc) is 2.36. The summed E-state index contributed by atoms with van der Waals surface area (Å²) in [5.74, 6) is 0.442. The minimum Gasteiger partial charge on any atom is -0.497 e.